The van der Waals surface area contributed by atoms with Crippen LogP contribution in [0.25, 0.3) is 0 Å². The highest BCUT2D eigenvalue weighted by Crippen LogP contribution is 2.55. The summed E-state index contributed by atoms with van der Waals surface area (Å²) >= 11 is 0. The van der Waals surface area contributed by atoms with Gasteiger partial charge in [-0.25, -0.2) is 0 Å². The number of ketones is 4. The fraction of sp³-hybridized carbons (Fsp3) is 0.543. The highest BCUT2D eigenvalue weighted by Gasteiger charge is 2.39. The van der Waals surface area contributed by atoms with E-state index in [9.17, 15) is 49.8 Å². The van der Waals surface area contributed by atoms with Gasteiger partial charge < -0.3 is 30.6 Å². The van der Waals surface area contributed by atoms with Crippen LogP contribution < -0.4 is 0 Å². The van der Waals surface area contributed by atoms with E-state index in [0.717, 1.165) is 0 Å². The third-order valence-corrected chi connectivity index (χ3v) is 7.51. The molecule has 10 heteroatoms. The Labute approximate surface area is 264 Å². The molecule has 0 amide bonds. The Balaban J connectivity index is 3.18. The standard InChI is InChI=1S/C35H48O10/c1-10-19(24-30(40)26(20(36)11-15(2)3)34(44)27(31(24)41)21(37)12-16(4)5)25-32(42)28(22(38)13-17(6)7)35(45)29(33(25)43)23(39)14-18(8)9/h15-19,40-45H,10-14H2,1-9H3. The van der Waals surface area contributed by atoms with Gasteiger partial charge in [0, 0.05) is 42.7 Å². The maximum Gasteiger partial charge on any atom is 0.170 e. The van der Waals surface area contributed by atoms with E-state index in [1.807, 2.05) is 0 Å². The normalized spacial score (nSPS) is 11.8. The van der Waals surface area contributed by atoms with Crippen molar-refractivity contribution in [3.05, 3.63) is 33.4 Å². The van der Waals surface area contributed by atoms with Crippen molar-refractivity contribution in [2.75, 3.05) is 0 Å². The van der Waals surface area contributed by atoms with Gasteiger partial charge >= 0.3 is 0 Å². The summed E-state index contributed by atoms with van der Waals surface area (Å²) in [4.78, 5) is 53.4. The van der Waals surface area contributed by atoms with Gasteiger partial charge in [0.1, 0.15) is 56.8 Å². The molecule has 0 atom stereocenters. The molecule has 0 spiro atoms. The summed E-state index contributed by atoms with van der Waals surface area (Å²) in [6, 6.07) is 0. The first-order chi connectivity index (χ1) is 20.8. The summed E-state index contributed by atoms with van der Waals surface area (Å²) in [5.74, 6) is -10.4. The molecule has 0 saturated heterocycles. The van der Waals surface area contributed by atoms with E-state index in [0.29, 0.717) is 0 Å². The van der Waals surface area contributed by atoms with Gasteiger partial charge in [0.2, 0.25) is 0 Å². The number of hydrogen-bond donors (Lipinski definition) is 6. The fourth-order valence-corrected chi connectivity index (χ4v) is 5.62. The molecule has 0 radical (unpaired) electrons. The van der Waals surface area contributed by atoms with E-state index < -0.39 is 96.9 Å². The Morgan fingerprint density at radius 2 is 0.622 bits per heavy atom. The summed E-state index contributed by atoms with van der Waals surface area (Å²) in [6.07, 6.45) is -0.619. The van der Waals surface area contributed by atoms with Crippen LogP contribution in [0.4, 0.5) is 0 Å². The van der Waals surface area contributed by atoms with Crippen molar-refractivity contribution in [2.24, 2.45) is 23.7 Å². The van der Waals surface area contributed by atoms with Gasteiger partial charge in [-0.15, -0.1) is 0 Å². The lowest BCUT2D eigenvalue weighted by molar-refractivity contribution is 0.0941. The predicted molar refractivity (Wildman–Crippen MR) is 170 cm³/mol. The Morgan fingerprint density at radius 3 is 0.778 bits per heavy atom. The van der Waals surface area contributed by atoms with E-state index in [-0.39, 0.29) is 55.8 Å². The van der Waals surface area contributed by atoms with Gasteiger partial charge in [-0.05, 0) is 30.1 Å². The molecule has 0 fully saturated rings. The van der Waals surface area contributed by atoms with Crippen LogP contribution in [0, 0.1) is 23.7 Å². The maximum absolute atomic E-state index is 13.3. The van der Waals surface area contributed by atoms with Crippen molar-refractivity contribution in [1.29, 1.82) is 0 Å². The summed E-state index contributed by atoms with van der Waals surface area (Å²) in [5, 5.41) is 68.3. The van der Waals surface area contributed by atoms with Crippen LogP contribution in [0.2, 0.25) is 0 Å². The van der Waals surface area contributed by atoms with Gasteiger partial charge in [0.15, 0.2) is 23.1 Å². The molecule has 2 rings (SSSR count). The molecule has 0 unspecified atom stereocenters. The molecule has 10 nitrogen and oxygen atoms in total. The minimum Gasteiger partial charge on any atom is -0.507 e. The topological polar surface area (TPSA) is 190 Å². The molecular formula is C35H48O10. The number of rotatable bonds is 15. The molecule has 0 aliphatic heterocycles. The molecule has 2 aromatic rings. The first kappa shape index (κ1) is 37.1. The molecule has 0 aliphatic carbocycles. The SMILES string of the molecule is CCC(c1c(O)c(C(=O)CC(C)C)c(O)c(C(=O)CC(C)C)c1O)c1c(O)c(C(=O)CC(C)C)c(O)c(C(=O)CC(C)C)c1O. The minimum atomic E-state index is -1.42. The second-order valence-electron chi connectivity index (χ2n) is 13.5. The lowest BCUT2D eigenvalue weighted by Crippen LogP contribution is -2.15. The van der Waals surface area contributed by atoms with Crippen molar-refractivity contribution in [2.45, 2.75) is 100 Å². The second kappa shape index (κ2) is 14.8. The summed E-state index contributed by atoms with van der Waals surface area (Å²) in [7, 11) is 0. The molecular weight excluding hydrogens is 580 g/mol. The van der Waals surface area contributed by atoms with Crippen LogP contribution >= 0.6 is 0 Å². The van der Waals surface area contributed by atoms with Crippen LogP contribution in [0.5, 0.6) is 34.5 Å². The average Bonchev–Trinajstić information content (AvgIpc) is 2.85. The van der Waals surface area contributed by atoms with E-state index in [1.54, 1.807) is 62.3 Å². The monoisotopic (exact) mass is 628 g/mol. The first-order valence-electron chi connectivity index (χ1n) is 15.5. The molecule has 45 heavy (non-hydrogen) atoms. The molecule has 0 aliphatic rings. The molecule has 6 N–H and O–H groups in total. The predicted octanol–water partition coefficient (Wildman–Crippen LogP) is 7.38. The zero-order chi connectivity index (χ0) is 34.7. The van der Waals surface area contributed by atoms with Crippen molar-refractivity contribution < 1.29 is 49.8 Å². The average molecular weight is 629 g/mol. The summed E-state index contributed by atoms with van der Waals surface area (Å²) in [5.41, 5.74) is -3.34. The molecule has 2 aromatic carbocycles. The maximum atomic E-state index is 13.3. The largest absolute Gasteiger partial charge is 0.507 e. The number of phenolic OH excluding ortho intramolecular Hbond substituents is 6. The number of hydrogen-bond acceptors (Lipinski definition) is 10. The Kier molecular flexibility index (Phi) is 12.2. The molecule has 0 saturated carbocycles. The van der Waals surface area contributed by atoms with Gasteiger partial charge in [0.05, 0.1) is 0 Å². The number of aromatic hydroxyl groups is 6. The number of carbonyl (C=O) groups excluding carboxylic acids is 4. The third-order valence-electron chi connectivity index (χ3n) is 7.51. The molecule has 248 valence electrons. The highest BCUT2D eigenvalue weighted by atomic mass is 16.3. The van der Waals surface area contributed by atoms with Crippen LogP contribution in [-0.2, 0) is 0 Å². The number of Topliss-reactive ketones (excluding diaryl/α,β-unsaturated/α-hetero) is 4. The fourth-order valence-electron chi connectivity index (χ4n) is 5.62. The Hall–Kier alpha value is -4.08. The first-order valence-corrected chi connectivity index (χ1v) is 15.5. The summed E-state index contributed by atoms with van der Waals surface area (Å²) < 4.78 is 0. The number of benzene rings is 2. The molecule has 0 bridgehead atoms. The van der Waals surface area contributed by atoms with Crippen molar-refractivity contribution in [3.63, 3.8) is 0 Å². The van der Waals surface area contributed by atoms with E-state index >= 15 is 0 Å². The minimum absolute atomic E-state index is 0.108. The van der Waals surface area contributed by atoms with E-state index in [1.165, 1.54) is 0 Å². The number of phenols is 6. The third kappa shape index (κ3) is 7.78. The van der Waals surface area contributed by atoms with Gasteiger partial charge in [0.25, 0.3) is 0 Å². The summed E-state index contributed by atoms with van der Waals surface area (Å²) in [6.45, 7) is 15.5. The van der Waals surface area contributed by atoms with Gasteiger partial charge in [-0.1, -0.05) is 62.3 Å². The molecule has 0 heterocycles. The van der Waals surface area contributed by atoms with Gasteiger partial charge in [-0.3, -0.25) is 19.2 Å². The van der Waals surface area contributed by atoms with E-state index in [2.05, 4.69) is 0 Å². The number of carbonyl (C=O) groups is 4. The van der Waals surface area contributed by atoms with Crippen molar-refractivity contribution >= 4 is 23.1 Å². The van der Waals surface area contributed by atoms with Crippen LogP contribution in [0.1, 0.15) is 153 Å². The molecule has 0 aromatic heterocycles. The Morgan fingerprint density at radius 1 is 0.422 bits per heavy atom. The lowest BCUT2D eigenvalue weighted by atomic mass is 9.79. The van der Waals surface area contributed by atoms with Gasteiger partial charge in [-0.2, -0.15) is 0 Å². The van der Waals surface area contributed by atoms with Crippen LogP contribution in [-0.4, -0.2) is 53.8 Å². The van der Waals surface area contributed by atoms with Crippen LogP contribution in [0.3, 0.4) is 0 Å². The lowest BCUT2D eigenvalue weighted by Gasteiger charge is -2.26. The quantitative estimate of drug-likeness (QED) is 0.109. The van der Waals surface area contributed by atoms with Crippen molar-refractivity contribution in [1.82, 2.24) is 0 Å². The van der Waals surface area contributed by atoms with E-state index in [4.69, 9.17) is 0 Å². The van der Waals surface area contributed by atoms with Crippen molar-refractivity contribution in [3.8, 4) is 34.5 Å². The van der Waals surface area contributed by atoms with Crippen LogP contribution in [0.15, 0.2) is 0 Å². The zero-order valence-electron chi connectivity index (χ0n) is 27.7. The Bertz CT molecular complexity index is 1270. The zero-order valence-corrected chi connectivity index (χ0v) is 27.7. The smallest absolute Gasteiger partial charge is 0.170 e. The highest BCUT2D eigenvalue weighted by molar-refractivity contribution is 6.11. The second-order valence-corrected chi connectivity index (χ2v) is 13.5.